The van der Waals surface area contributed by atoms with Gasteiger partial charge in [-0.3, -0.25) is 9.48 Å². The third-order valence-electron chi connectivity index (χ3n) is 4.81. The van der Waals surface area contributed by atoms with E-state index in [2.05, 4.69) is 25.9 Å². The summed E-state index contributed by atoms with van der Waals surface area (Å²) >= 11 is 0. The van der Waals surface area contributed by atoms with E-state index in [1.807, 2.05) is 17.7 Å². The van der Waals surface area contributed by atoms with Gasteiger partial charge in [-0.05, 0) is 23.6 Å². The van der Waals surface area contributed by atoms with Gasteiger partial charge in [-0.1, -0.05) is 27.7 Å². The highest BCUT2D eigenvalue weighted by atomic mass is 32.2. The van der Waals surface area contributed by atoms with E-state index < -0.39 is 9.84 Å². The van der Waals surface area contributed by atoms with Gasteiger partial charge in [0.15, 0.2) is 15.6 Å². The Bertz CT molecular complexity index is 1010. The maximum absolute atomic E-state index is 12.3. The Labute approximate surface area is 172 Å². The van der Waals surface area contributed by atoms with E-state index >= 15 is 0 Å². The molecule has 0 amide bonds. The number of carbonyl (C=O) groups is 1. The van der Waals surface area contributed by atoms with Gasteiger partial charge in [-0.25, -0.2) is 8.42 Å². The first-order valence-electron chi connectivity index (χ1n) is 9.80. The second-order valence-corrected chi connectivity index (χ2v) is 11.7. The summed E-state index contributed by atoms with van der Waals surface area (Å²) in [7, 11) is -3.23. The fraction of sp³-hybridized carbons (Fsp3) is 0.619. The van der Waals surface area contributed by atoms with Crippen molar-refractivity contribution in [1.82, 2.24) is 9.78 Å². The van der Waals surface area contributed by atoms with Crippen LogP contribution in [0.25, 0.3) is 10.9 Å². The van der Waals surface area contributed by atoms with E-state index in [0.29, 0.717) is 31.2 Å². The fourth-order valence-corrected chi connectivity index (χ4v) is 5.21. The van der Waals surface area contributed by atoms with Crippen LogP contribution in [-0.4, -0.2) is 55.3 Å². The lowest BCUT2D eigenvalue weighted by Gasteiger charge is -2.37. The maximum atomic E-state index is 12.3. The summed E-state index contributed by atoms with van der Waals surface area (Å²) in [5.41, 5.74) is 0.997. The third-order valence-corrected chi connectivity index (χ3v) is 6.74. The molecule has 0 atom stereocenters. The Hall–Kier alpha value is -1.93. The van der Waals surface area contributed by atoms with Crippen molar-refractivity contribution in [3.63, 3.8) is 0 Å². The molecule has 0 saturated carbocycles. The first-order valence-corrected chi connectivity index (χ1v) is 11.6. The van der Waals surface area contributed by atoms with E-state index in [0.717, 1.165) is 10.9 Å². The molecule has 0 spiro atoms. The Morgan fingerprint density at radius 3 is 2.55 bits per heavy atom. The van der Waals surface area contributed by atoms with Gasteiger partial charge in [0.1, 0.15) is 18.1 Å². The summed E-state index contributed by atoms with van der Waals surface area (Å²) < 4.78 is 37.3. The second-order valence-electron chi connectivity index (χ2n) is 9.55. The molecule has 7 nitrogen and oxygen atoms in total. The molecule has 2 aromatic rings. The summed E-state index contributed by atoms with van der Waals surface area (Å²) in [6.07, 6.45) is 0. The summed E-state index contributed by atoms with van der Waals surface area (Å²) in [5.74, 6) is 0.474. The molecule has 8 heteroatoms. The number of ether oxygens (including phenoxy) is 2. The number of carbonyl (C=O) groups excluding carboxylic acids is 1. The molecule has 29 heavy (non-hydrogen) atoms. The number of benzene rings is 1. The van der Waals surface area contributed by atoms with Crippen LogP contribution in [0.15, 0.2) is 18.2 Å². The van der Waals surface area contributed by atoms with Crippen LogP contribution < -0.4 is 4.74 Å². The van der Waals surface area contributed by atoms with Crippen LogP contribution in [-0.2, 0) is 21.1 Å². The average molecular weight is 423 g/mol. The molecule has 0 bridgehead atoms. The Kier molecular flexibility index (Phi) is 5.80. The first kappa shape index (κ1) is 21.8. The van der Waals surface area contributed by atoms with Crippen LogP contribution in [0.3, 0.4) is 0 Å². The van der Waals surface area contributed by atoms with Crippen molar-refractivity contribution in [3.05, 3.63) is 23.9 Å². The Balaban J connectivity index is 1.73. The minimum absolute atomic E-state index is 0.0126. The topological polar surface area (TPSA) is 87.5 Å². The molecule has 1 saturated heterocycles. The number of hydrogen-bond acceptors (Lipinski definition) is 6. The first-order chi connectivity index (χ1) is 13.4. The van der Waals surface area contributed by atoms with Crippen molar-refractivity contribution in [2.24, 2.45) is 10.8 Å². The van der Waals surface area contributed by atoms with Gasteiger partial charge in [-0.15, -0.1) is 0 Å². The van der Waals surface area contributed by atoms with Crippen LogP contribution in [0.5, 0.6) is 5.75 Å². The number of nitrogens with zero attached hydrogens (tertiary/aromatic N) is 2. The molecule has 0 aliphatic carbocycles. The van der Waals surface area contributed by atoms with Crippen LogP contribution in [0.1, 0.15) is 45.1 Å². The van der Waals surface area contributed by atoms with Crippen molar-refractivity contribution in [2.75, 3.05) is 31.3 Å². The highest BCUT2D eigenvalue weighted by molar-refractivity contribution is 7.91. The predicted octanol–water partition coefficient (Wildman–Crippen LogP) is 3.12. The van der Waals surface area contributed by atoms with Crippen molar-refractivity contribution in [2.45, 2.75) is 41.2 Å². The van der Waals surface area contributed by atoms with Gasteiger partial charge in [0, 0.05) is 24.3 Å². The fourth-order valence-electron chi connectivity index (χ4n) is 3.50. The lowest BCUT2D eigenvalue weighted by molar-refractivity contribution is -0.0870. The Morgan fingerprint density at radius 1 is 1.31 bits per heavy atom. The molecular formula is C21H30N2O5S. The van der Waals surface area contributed by atoms with Crippen molar-refractivity contribution in [3.8, 4) is 5.75 Å². The second kappa shape index (κ2) is 7.72. The zero-order valence-electron chi connectivity index (χ0n) is 17.8. The Morgan fingerprint density at radius 2 is 2.00 bits per heavy atom. The monoisotopic (exact) mass is 422 g/mol. The molecule has 0 N–H and O–H groups in total. The minimum atomic E-state index is -3.23. The summed E-state index contributed by atoms with van der Waals surface area (Å²) in [4.78, 5) is 12.1. The summed E-state index contributed by atoms with van der Waals surface area (Å²) in [6.45, 7) is 11.5. The highest BCUT2D eigenvalue weighted by Gasteiger charge is 2.37. The van der Waals surface area contributed by atoms with E-state index in [1.54, 1.807) is 12.1 Å². The molecule has 1 aliphatic rings. The number of fused-ring (bicyclic) bond motifs is 1. The van der Waals surface area contributed by atoms with Gasteiger partial charge in [0.25, 0.3) is 0 Å². The largest absolute Gasteiger partial charge is 0.493 e. The number of sulfone groups is 1. The molecule has 0 radical (unpaired) electrons. The van der Waals surface area contributed by atoms with Gasteiger partial charge in [0.05, 0.1) is 30.2 Å². The summed E-state index contributed by atoms with van der Waals surface area (Å²) in [5, 5.41) is 5.22. The SMILES string of the molecule is CC(=O)c1nn(CC(C)(C)C)c2ccc(OCCS(=O)(=O)CC3(C)COC3)cc12. The molecule has 1 aromatic carbocycles. The standard InChI is InChI=1S/C21H30N2O5S/c1-15(24)19-17-10-16(6-7-18(17)23(22-19)11-20(2,3)4)28-8-9-29(25,26)14-21(5)12-27-13-21/h6-7,10H,8-9,11-14H2,1-5H3. The lowest BCUT2D eigenvalue weighted by Crippen LogP contribution is -2.45. The smallest absolute Gasteiger partial charge is 0.180 e. The predicted molar refractivity (Wildman–Crippen MR) is 112 cm³/mol. The number of aromatic nitrogens is 2. The zero-order chi connectivity index (χ0) is 21.4. The van der Waals surface area contributed by atoms with Gasteiger partial charge >= 0.3 is 0 Å². The number of ketones is 1. The molecule has 1 aromatic heterocycles. The highest BCUT2D eigenvalue weighted by Crippen LogP contribution is 2.29. The van der Waals surface area contributed by atoms with E-state index in [9.17, 15) is 13.2 Å². The van der Waals surface area contributed by atoms with Crippen molar-refractivity contribution < 1.29 is 22.7 Å². The zero-order valence-corrected chi connectivity index (χ0v) is 18.6. The molecule has 1 aliphatic heterocycles. The van der Waals surface area contributed by atoms with Crippen LogP contribution in [0.2, 0.25) is 0 Å². The van der Waals surface area contributed by atoms with Crippen LogP contribution in [0.4, 0.5) is 0 Å². The molecule has 3 rings (SSSR count). The van der Waals surface area contributed by atoms with Gasteiger partial charge in [-0.2, -0.15) is 5.10 Å². The maximum Gasteiger partial charge on any atom is 0.180 e. The molecule has 2 heterocycles. The quantitative estimate of drug-likeness (QED) is 0.608. The molecular weight excluding hydrogens is 392 g/mol. The number of hydrogen-bond donors (Lipinski definition) is 0. The average Bonchev–Trinajstić information content (AvgIpc) is 2.89. The molecule has 0 unspecified atom stereocenters. The van der Waals surface area contributed by atoms with Crippen molar-refractivity contribution in [1.29, 1.82) is 0 Å². The van der Waals surface area contributed by atoms with Crippen LogP contribution in [0, 0.1) is 10.8 Å². The summed E-state index contributed by atoms with van der Waals surface area (Å²) in [6, 6.07) is 5.43. The van der Waals surface area contributed by atoms with Crippen LogP contribution >= 0.6 is 0 Å². The third kappa shape index (κ3) is 5.36. The normalized spacial score (nSPS) is 16.6. The van der Waals surface area contributed by atoms with E-state index in [4.69, 9.17) is 9.47 Å². The van der Waals surface area contributed by atoms with Gasteiger partial charge in [0.2, 0.25) is 0 Å². The van der Waals surface area contributed by atoms with E-state index in [-0.39, 0.29) is 34.7 Å². The lowest BCUT2D eigenvalue weighted by atomic mass is 9.92. The minimum Gasteiger partial charge on any atom is -0.493 e. The number of rotatable bonds is 8. The molecule has 1 fully saturated rings. The van der Waals surface area contributed by atoms with Gasteiger partial charge < -0.3 is 9.47 Å². The van der Waals surface area contributed by atoms with E-state index in [1.165, 1.54) is 6.92 Å². The molecule has 160 valence electrons. The van der Waals surface area contributed by atoms with Crippen molar-refractivity contribution >= 4 is 26.5 Å². The number of Topliss-reactive ketones (excluding diaryl/α,β-unsaturated/α-hetero) is 1.